The van der Waals surface area contributed by atoms with Gasteiger partial charge in [0.25, 0.3) is 0 Å². The first kappa shape index (κ1) is 20.5. The predicted molar refractivity (Wildman–Crippen MR) is 86.6 cm³/mol. The fourth-order valence-corrected chi connectivity index (χ4v) is 4.10. The van der Waals surface area contributed by atoms with E-state index in [4.69, 9.17) is 18.9 Å². The van der Waals surface area contributed by atoms with Crippen LogP contribution in [-0.4, -0.2) is 88.3 Å². The third kappa shape index (κ3) is 3.58. The van der Waals surface area contributed by atoms with Crippen molar-refractivity contribution in [3.63, 3.8) is 0 Å². The van der Waals surface area contributed by atoms with Gasteiger partial charge >= 0.3 is 5.97 Å². The van der Waals surface area contributed by atoms with Crippen LogP contribution in [-0.2, 0) is 23.7 Å². The van der Waals surface area contributed by atoms with Crippen molar-refractivity contribution in [2.24, 2.45) is 17.8 Å². The summed E-state index contributed by atoms with van der Waals surface area (Å²) in [5.74, 6) is -1.63. The molecular weight excluding hydrogens is 364 g/mol. The van der Waals surface area contributed by atoms with E-state index in [0.29, 0.717) is 12.0 Å². The maximum Gasteiger partial charge on any atom is 0.337 e. The van der Waals surface area contributed by atoms with Crippen molar-refractivity contribution >= 4 is 5.97 Å². The lowest BCUT2D eigenvalue weighted by molar-refractivity contribution is -0.342. The summed E-state index contributed by atoms with van der Waals surface area (Å²) >= 11 is 0. The van der Waals surface area contributed by atoms with Crippen LogP contribution >= 0.6 is 0 Å². The van der Waals surface area contributed by atoms with Crippen LogP contribution < -0.4 is 0 Å². The number of hydrogen-bond acceptors (Lipinski definition) is 10. The zero-order chi connectivity index (χ0) is 19.9. The van der Waals surface area contributed by atoms with Crippen LogP contribution in [0.1, 0.15) is 13.3 Å². The molecule has 2 fully saturated rings. The van der Waals surface area contributed by atoms with Gasteiger partial charge in [-0.15, -0.1) is 0 Å². The van der Waals surface area contributed by atoms with Gasteiger partial charge < -0.3 is 44.5 Å². The van der Waals surface area contributed by atoms with E-state index in [9.17, 15) is 30.3 Å². The molecule has 0 aromatic carbocycles. The Kier molecular flexibility index (Phi) is 6.06. The smallest absolute Gasteiger partial charge is 0.337 e. The summed E-state index contributed by atoms with van der Waals surface area (Å²) in [7, 11) is 1.25. The number of esters is 1. The molecule has 0 spiro atoms. The van der Waals surface area contributed by atoms with Crippen molar-refractivity contribution in [1.82, 2.24) is 0 Å². The molecule has 3 rings (SSSR count). The number of fused-ring (bicyclic) bond motifs is 1. The topological polar surface area (TPSA) is 155 Å². The lowest BCUT2D eigenvalue weighted by atomic mass is 9.83. The van der Waals surface area contributed by atoms with E-state index in [-0.39, 0.29) is 11.8 Å². The highest BCUT2D eigenvalue weighted by Crippen LogP contribution is 2.47. The first-order chi connectivity index (χ1) is 12.8. The first-order valence-corrected chi connectivity index (χ1v) is 8.88. The molecule has 1 saturated heterocycles. The molecule has 0 bridgehead atoms. The maximum atomic E-state index is 12.0. The maximum absolute atomic E-state index is 12.0. The molecule has 10 heteroatoms. The van der Waals surface area contributed by atoms with Gasteiger partial charge in [-0.3, -0.25) is 0 Å². The van der Waals surface area contributed by atoms with Gasteiger partial charge in [-0.25, -0.2) is 4.79 Å². The molecule has 0 amide bonds. The Balaban J connectivity index is 1.80. The van der Waals surface area contributed by atoms with E-state index in [1.165, 1.54) is 13.4 Å². The summed E-state index contributed by atoms with van der Waals surface area (Å²) in [6.07, 6.45) is -7.25. The van der Waals surface area contributed by atoms with Gasteiger partial charge in [0.15, 0.2) is 6.29 Å². The Bertz CT molecular complexity index is 578. The minimum atomic E-state index is -1.58. The van der Waals surface area contributed by atoms with Crippen molar-refractivity contribution < 1.29 is 49.3 Å². The lowest BCUT2D eigenvalue weighted by Gasteiger charge is -2.43. The number of aliphatic hydroxyl groups is 5. The molecule has 2 aliphatic heterocycles. The summed E-state index contributed by atoms with van der Waals surface area (Å²) in [5, 5.41) is 49.4. The van der Waals surface area contributed by atoms with Gasteiger partial charge in [0.1, 0.15) is 24.4 Å². The van der Waals surface area contributed by atoms with Crippen LogP contribution in [0.15, 0.2) is 11.8 Å². The monoisotopic (exact) mass is 390 g/mol. The van der Waals surface area contributed by atoms with E-state index in [2.05, 4.69) is 0 Å². The summed E-state index contributed by atoms with van der Waals surface area (Å²) < 4.78 is 21.4. The minimum absolute atomic E-state index is 0.279. The minimum Gasteiger partial charge on any atom is -0.472 e. The molecular formula is C17H26O10. The molecule has 27 heavy (non-hydrogen) atoms. The van der Waals surface area contributed by atoms with Gasteiger partial charge in [-0.2, -0.15) is 0 Å². The number of hydrogen-bond donors (Lipinski definition) is 5. The molecule has 0 aromatic rings. The van der Waals surface area contributed by atoms with Crippen LogP contribution in [0.3, 0.4) is 0 Å². The van der Waals surface area contributed by atoms with E-state index in [1.807, 2.05) is 0 Å². The third-order valence-electron chi connectivity index (χ3n) is 5.75. The SMILES string of the molecule is COC(=O)C1=CO[C@@H](O[C@@H]2O[C@H](CO)[C@@H](O)[C@H](O)[C@H]2O)[C@H]2[C@@H](C)[C@@H](O)C[C@H]12. The number of aliphatic hydroxyl groups excluding tert-OH is 5. The standard InChI is InChI=1S/C17H26O10/c1-6-9(19)3-7-8(15(23)24-2)5-25-16(11(6)7)27-17-14(22)13(21)12(20)10(4-18)26-17/h5-7,9-14,16-22H,3-4H2,1-2H3/t6-,7+,9-,10+,11-,12+,13-,14+,16-,17-/m0/s1. The van der Waals surface area contributed by atoms with Crippen molar-refractivity contribution in [3.8, 4) is 0 Å². The van der Waals surface area contributed by atoms with Crippen LogP contribution in [0, 0.1) is 17.8 Å². The molecule has 3 aliphatic rings. The molecule has 0 unspecified atom stereocenters. The Morgan fingerprint density at radius 3 is 2.52 bits per heavy atom. The average molecular weight is 390 g/mol. The van der Waals surface area contributed by atoms with Gasteiger partial charge in [0.2, 0.25) is 6.29 Å². The van der Waals surface area contributed by atoms with Crippen molar-refractivity contribution in [3.05, 3.63) is 11.8 Å². The van der Waals surface area contributed by atoms with E-state index >= 15 is 0 Å². The van der Waals surface area contributed by atoms with E-state index < -0.39 is 61.6 Å². The second kappa shape index (κ2) is 8.00. The Morgan fingerprint density at radius 2 is 1.89 bits per heavy atom. The predicted octanol–water partition coefficient (Wildman–Crippen LogP) is -2.15. The number of carbonyl (C=O) groups is 1. The largest absolute Gasteiger partial charge is 0.472 e. The Morgan fingerprint density at radius 1 is 1.19 bits per heavy atom. The highest BCUT2D eigenvalue weighted by Gasteiger charge is 2.53. The quantitative estimate of drug-likeness (QED) is 0.336. The second-order valence-corrected chi connectivity index (χ2v) is 7.25. The molecule has 5 N–H and O–H groups in total. The van der Waals surface area contributed by atoms with Crippen LogP contribution in [0.25, 0.3) is 0 Å². The van der Waals surface area contributed by atoms with Gasteiger partial charge in [0, 0.05) is 11.8 Å². The summed E-state index contributed by atoms with van der Waals surface area (Å²) in [4.78, 5) is 12.0. The zero-order valence-corrected chi connectivity index (χ0v) is 15.0. The average Bonchev–Trinajstić information content (AvgIpc) is 2.96. The molecule has 2 heterocycles. The zero-order valence-electron chi connectivity index (χ0n) is 15.0. The third-order valence-corrected chi connectivity index (χ3v) is 5.75. The summed E-state index contributed by atoms with van der Waals surface area (Å²) in [6.45, 7) is 1.21. The molecule has 0 aromatic heterocycles. The van der Waals surface area contributed by atoms with Crippen molar-refractivity contribution in [2.45, 2.75) is 56.4 Å². The van der Waals surface area contributed by atoms with Crippen molar-refractivity contribution in [1.29, 1.82) is 0 Å². The molecule has 1 saturated carbocycles. The van der Waals surface area contributed by atoms with Gasteiger partial charge in [-0.1, -0.05) is 6.92 Å². The molecule has 0 radical (unpaired) electrons. The molecule has 10 atom stereocenters. The summed E-state index contributed by atoms with van der Waals surface area (Å²) in [5.41, 5.74) is 0.291. The highest BCUT2D eigenvalue weighted by atomic mass is 16.8. The van der Waals surface area contributed by atoms with Crippen LogP contribution in [0.2, 0.25) is 0 Å². The van der Waals surface area contributed by atoms with Crippen LogP contribution in [0.5, 0.6) is 0 Å². The second-order valence-electron chi connectivity index (χ2n) is 7.25. The van der Waals surface area contributed by atoms with Gasteiger partial charge in [0.05, 0.1) is 31.7 Å². The van der Waals surface area contributed by atoms with E-state index in [0.717, 1.165) is 0 Å². The number of rotatable bonds is 4. The van der Waals surface area contributed by atoms with Crippen LogP contribution in [0.4, 0.5) is 0 Å². The van der Waals surface area contributed by atoms with Gasteiger partial charge in [-0.05, 0) is 12.3 Å². The number of carbonyl (C=O) groups excluding carboxylic acids is 1. The highest BCUT2D eigenvalue weighted by molar-refractivity contribution is 5.89. The van der Waals surface area contributed by atoms with E-state index in [1.54, 1.807) is 6.92 Å². The Hall–Kier alpha value is -1.27. The fourth-order valence-electron chi connectivity index (χ4n) is 4.10. The molecule has 10 nitrogen and oxygen atoms in total. The molecule has 1 aliphatic carbocycles. The summed E-state index contributed by atoms with van der Waals surface area (Å²) in [6, 6.07) is 0. The van der Waals surface area contributed by atoms with Crippen molar-refractivity contribution in [2.75, 3.05) is 13.7 Å². The number of ether oxygens (including phenoxy) is 4. The Labute approximate surface area is 155 Å². The molecule has 154 valence electrons. The first-order valence-electron chi connectivity index (χ1n) is 8.88. The normalized spacial score (nSPS) is 47.0. The fraction of sp³-hybridized carbons (Fsp3) is 0.824. The number of methoxy groups -OCH3 is 1. The lowest BCUT2D eigenvalue weighted by Crippen LogP contribution is -2.60.